The van der Waals surface area contributed by atoms with Gasteiger partial charge in [-0.05, 0) is 52.7 Å². The van der Waals surface area contributed by atoms with E-state index in [0.717, 1.165) is 38.9 Å². The van der Waals surface area contributed by atoms with E-state index >= 15 is 0 Å². The van der Waals surface area contributed by atoms with Crippen molar-refractivity contribution in [3.8, 4) is 0 Å². The molecule has 2 N–H and O–H groups in total. The Morgan fingerprint density at radius 2 is 2.00 bits per heavy atom. The van der Waals surface area contributed by atoms with Crippen LogP contribution in [-0.2, 0) is 9.53 Å². The number of nitrogens with zero attached hydrogens (tertiary/aromatic N) is 1. The third-order valence-electron chi connectivity index (χ3n) is 3.42. The summed E-state index contributed by atoms with van der Waals surface area (Å²) in [5, 5.41) is 0. The topological polar surface area (TPSA) is 55.6 Å². The first kappa shape index (κ1) is 13.5. The quantitative estimate of drug-likeness (QED) is 0.729. The van der Waals surface area contributed by atoms with E-state index in [9.17, 15) is 4.79 Å². The van der Waals surface area contributed by atoms with Gasteiger partial charge in [0.15, 0.2) is 0 Å². The fourth-order valence-electron chi connectivity index (χ4n) is 1.99. The summed E-state index contributed by atoms with van der Waals surface area (Å²) in [6.45, 7) is 6.94. The molecule has 94 valence electrons. The Bertz CT molecular complexity index is 233. The zero-order chi connectivity index (χ0) is 12.2. The number of ether oxygens (including phenoxy) is 1. The van der Waals surface area contributed by atoms with E-state index in [0.29, 0.717) is 6.04 Å². The first-order chi connectivity index (χ1) is 7.45. The Hall–Kier alpha value is -0.610. The Balaban J connectivity index is 2.31. The molecule has 16 heavy (non-hydrogen) atoms. The van der Waals surface area contributed by atoms with Crippen LogP contribution < -0.4 is 5.73 Å². The predicted octanol–water partition coefficient (Wildman–Crippen LogP) is 0.999. The van der Waals surface area contributed by atoms with E-state index in [1.807, 2.05) is 13.8 Å². The number of methoxy groups -OCH3 is 1. The van der Waals surface area contributed by atoms with Gasteiger partial charge >= 0.3 is 5.97 Å². The maximum atomic E-state index is 11.5. The van der Waals surface area contributed by atoms with E-state index in [1.54, 1.807) is 0 Å². The van der Waals surface area contributed by atoms with Gasteiger partial charge in [0.1, 0.15) is 0 Å². The maximum Gasteiger partial charge on any atom is 0.311 e. The summed E-state index contributed by atoms with van der Waals surface area (Å²) in [6.07, 6.45) is 2.98. The Labute approximate surface area is 98.1 Å². The lowest BCUT2D eigenvalue weighted by Crippen LogP contribution is -2.41. The molecule has 1 fully saturated rings. The zero-order valence-corrected chi connectivity index (χ0v) is 10.7. The maximum absolute atomic E-state index is 11.5. The van der Waals surface area contributed by atoms with Gasteiger partial charge in [0.2, 0.25) is 0 Å². The van der Waals surface area contributed by atoms with Crippen LogP contribution in [0.4, 0.5) is 0 Å². The molecule has 0 unspecified atom stereocenters. The first-order valence-corrected chi connectivity index (χ1v) is 6.02. The number of esters is 1. The van der Waals surface area contributed by atoms with Gasteiger partial charge in [-0.2, -0.15) is 0 Å². The number of likely N-dealkylation sites (tertiary alicyclic amines) is 1. The van der Waals surface area contributed by atoms with E-state index in [-0.39, 0.29) is 11.4 Å². The average Bonchev–Trinajstić information content (AvgIpc) is 2.27. The van der Waals surface area contributed by atoms with Crippen LogP contribution in [0.3, 0.4) is 0 Å². The van der Waals surface area contributed by atoms with Crippen molar-refractivity contribution >= 4 is 5.97 Å². The summed E-state index contributed by atoms with van der Waals surface area (Å²) >= 11 is 0. The van der Waals surface area contributed by atoms with Crippen molar-refractivity contribution < 1.29 is 9.53 Å². The van der Waals surface area contributed by atoms with Gasteiger partial charge in [-0.3, -0.25) is 4.79 Å². The largest absolute Gasteiger partial charge is 0.469 e. The molecule has 0 bridgehead atoms. The molecule has 0 amide bonds. The van der Waals surface area contributed by atoms with Gasteiger partial charge in [0, 0.05) is 6.04 Å². The molecule has 0 aromatic heterocycles. The molecule has 0 spiro atoms. The summed E-state index contributed by atoms with van der Waals surface area (Å²) in [4.78, 5) is 13.9. The number of hydrogen-bond acceptors (Lipinski definition) is 4. The molecular weight excluding hydrogens is 204 g/mol. The molecule has 0 atom stereocenters. The van der Waals surface area contributed by atoms with Crippen molar-refractivity contribution in [1.82, 2.24) is 4.90 Å². The van der Waals surface area contributed by atoms with E-state index < -0.39 is 0 Å². The number of carbonyl (C=O) groups is 1. The summed E-state index contributed by atoms with van der Waals surface area (Å²) in [6, 6.07) is 0.366. The Morgan fingerprint density at radius 3 is 2.50 bits per heavy atom. The van der Waals surface area contributed by atoms with Gasteiger partial charge in [-0.1, -0.05) is 0 Å². The fraction of sp³-hybridized carbons (Fsp3) is 0.917. The van der Waals surface area contributed by atoms with Crippen molar-refractivity contribution in [2.75, 3.05) is 26.7 Å². The minimum Gasteiger partial charge on any atom is -0.469 e. The highest BCUT2D eigenvalue weighted by Crippen LogP contribution is 2.23. The van der Waals surface area contributed by atoms with Crippen LogP contribution >= 0.6 is 0 Å². The third-order valence-corrected chi connectivity index (χ3v) is 3.42. The summed E-state index contributed by atoms with van der Waals surface area (Å²) in [7, 11) is 1.45. The van der Waals surface area contributed by atoms with Crippen LogP contribution in [0.15, 0.2) is 0 Å². The van der Waals surface area contributed by atoms with Gasteiger partial charge in [0.25, 0.3) is 0 Å². The molecule has 0 aromatic carbocycles. The van der Waals surface area contributed by atoms with Crippen LogP contribution in [0.25, 0.3) is 0 Å². The lowest BCUT2D eigenvalue weighted by atomic mass is 9.89. The van der Waals surface area contributed by atoms with E-state index in [1.165, 1.54) is 7.11 Å². The smallest absolute Gasteiger partial charge is 0.311 e. The fourth-order valence-corrected chi connectivity index (χ4v) is 1.99. The van der Waals surface area contributed by atoms with Crippen molar-refractivity contribution in [1.29, 1.82) is 0 Å². The molecule has 1 rings (SSSR count). The molecule has 1 aliphatic heterocycles. The van der Waals surface area contributed by atoms with Crippen molar-refractivity contribution in [2.24, 2.45) is 11.1 Å². The van der Waals surface area contributed by atoms with Gasteiger partial charge in [0.05, 0.1) is 12.5 Å². The third kappa shape index (κ3) is 3.76. The normalized spacial score (nSPS) is 19.8. The van der Waals surface area contributed by atoms with Gasteiger partial charge in [-0.15, -0.1) is 0 Å². The summed E-state index contributed by atoms with van der Waals surface area (Å²) < 4.78 is 4.79. The highest BCUT2D eigenvalue weighted by molar-refractivity contribution is 5.75. The predicted molar refractivity (Wildman–Crippen MR) is 64.1 cm³/mol. The second-order valence-electron chi connectivity index (χ2n) is 5.30. The minimum absolute atomic E-state index is 0.124. The molecule has 4 nitrogen and oxygen atoms in total. The standard InChI is InChI=1S/C12H24N2O2/c1-12(2,11(15)16-3)6-9-14-7-4-10(13)5-8-14/h10H,4-9,13H2,1-3H3. The second kappa shape index (κ2) is 5.64. The Morgan fingerprint density at radius 1 is 1.44 bits per heavy atom. The second-order valence-corrected chi connectivity index (χ2v) is 5.30. The number of rotatable bonds is 4. The van der Waals surface area contributed by atoms with E-state index in [4.69, 9.17) is 10.5 Å². The van der Waals surface area contributed by atoms with Crippen LogP contribution in [0.2, 0.25) is 0 Å². The molecule has 1 aliphatic rings. The minimum atomic E-state index is -0.381. The van der Waals surface area contributed by atoms with Crippen molar-refractivity contribution in [3.05, 3.63) is 0 Å². The zero-order valence-electron chi connectivity index (χ0n) is 10.7. The lowest BCUT2D eigenvalue weighted by Gasteiger charge is -2.32. The lowest BCUT2D eigenvalue weighted by molar-refractivity contribution is -0.151. The van der Waals surface area contributed by atoms with Crippen molar-refractivity contribution in [3.63, 3.8) is 0 Å². The van der Waals surface area contributed by atoms with Crippen molar-refractivity contribution in [2.45, 2.75) is 39.2 Å². The Kier molecular flexibility index (Phi) is 4.74. The molecule has 0 aromatic rings. The molecule has 0 aliphatic carbocycles. The highest BCUT2D eigenvalue weighted by Gasteiger charge is 2.29. The number of piperidine rings is 1. The van der Waals surface area contributed by atoms with Crippen LogP contribution in [-0.4, -0.2) is 43.7 Å². The SMILES string of the molecule is COC(=O)C(C)(C)CCN1CCC(N)CC1. The number of hydrogen-bond donors (Lipinski definition) is 1. The monoisotopic (exact) mass is 228 g/mol. The van der Waals surface area contributed by atoms with E-state index in [2.05, 4.69) is 4.90 Å². The molecule has 0 saturated carbocycles. The number of carbonyl (C=O) groups excluding carboxylic acids is 1. The highest BCUT2D eigenvalue weighted by atomic mass is 16.5. The summed E-state index contributed by atoms with van der Waals surface area (Å²) in [5.74, 6) is -0.124. The molecular formula is C12H24N2O2. The summed E-state index contributed by atoms with van der Waals surface area (Å²) in [5.41, 5.74) is 5.47. The molecule has 0 radical (unpaired) electrons. The van der Waals surface area contributed by atoms with Crippen LogP contribution in [0, 0.1) is 5.41 Å². The molecule has 4 heteroatoms. The molecule has 1 saturated heterocycles. The first-order valence-electron chi connectivity index (χ1n) is 6.02. The van der Waals surface area contributed by atoms with Crippen LogP contribution in [0.5, 0.6) is 0 Å². The van der Waals surface area contributed by atoms with Crippen LogP contribution in [0.1, 0.15) is 33.1 Å². The van der Waals surface area contributed by atoms with Gasteiger partial charge in [-0.25, -0.2) is 0 Å². The van der Waals surface area contributed by atoms with Gasteiger partial charge < -0.3 is 15.4 Å². The average molecular weight is 228 g/mol. The number of nitrogens with two attached hydrogens (primary N) is 1. The molecule has 1 heterocycles.